The number of hydrogen-bond donors (Lipinski definition) is 1. The van der Waals surface area contributed by atoms with Crippen LogP contribution in [-0.4, -0.2) is 6.04 Å². The van der Waals surface area contributed by atoms with Crippen LogP contribution >= 0.6 is 22.9 Å². The predicted octanol–water partition coefficient (Wildman–Crippen LogP) is 3.69. The Hall–Kier alpha value is -0.310. The first-order chi connectivity index (χ1) is 6.77. The molecule has 2 N–H and O–H groups in total. The summed E-state index contributed by atoms with van der Waals surface area (Å²) in [4.78, 5) is 1.21. The van der Waals surface area contributed by atoms with Crippen molar-refractivity contribution in [2.75, 3.05) is 0 Å². The van der Waals surface area contributed by atoms with Gasteiger partial charge in [0, 0.05) is 10.9 Å². The van der Waals surface area contributed by atoms with E-state index in [2.05, 4.69) is 6.08 Å². The molecule has 0 saturated carbocycles. The van der Waals surface area contributed by atoms with E-state index in [1.165, 1.54) is 23.3 Å². The first-order valence-corrected chi connectivity index (χ1v) is 6.23. The molecule has 0 aromatic carbocycles. The maximum Gasteiger partial charge on any atom is 0.0588 e. The van der Waals surface area contributed by atoms with Crippen LogP contribution in [0.3, 0.4) is 0 Å². The number of rotatable bonds is 1. The van der Waals surface area contributed by atoms with Crippen LogP contribution in [0.4, 0.5) is 0 Å². The van der Waals surface area contributed by atoms with Crippen molar-refractivity contribution in [3.63, 3.8) is 0 Å². The molecule has 76 valence electrons. The highest BCUT2D eigenvalue weighted by Gasteiger charge is 2.13. The highest BCUT2D eigenvalue weighted by atomic mass is 35.5. The molecule has 14 heavy (non-hydrogen) atoms. The molecular formula is C11H14ClNS. The van der Waals surface area contributed by atoms with Crippen LogP contribution in [0.2, 0.25) is 5.02 Å². The molecule has 2 rings (SSSR count). The highest BCUT2D eigenvalue weighted by molar-refractivity contribution is 7.11. The third-order valence-electron chi connectivity index (χ3n) is 2.56. The second kappa shape index (κ2) is 4.47. The maximum absolute atomic E-state index is 6.10. The van der Waals surface area contributed by atoms with Gasteiger partial charge in [-0.3, -0.25) is 0 Å². The molecule has 0 saturated heterocycles. The van der Waals surface area contributed by atoms with E-state index in [1.807, 2.05) is 11.4 Å². The number of thiophene rings is 1. The van der Waals surface area contributed by atoms with E-state index in [9.17, 15) is 0 Å². The van der Waals surface area contributed by atoms with Gasteiger partial charge in [-0.15, -0.1) is 11.3 Å². The van der Waals surface area contributed by atoms with E-state index in [1.54, 1.807) is 11.3 Å². The zero-order chi connectivity index (χ0) is 9.97. The highest BCUT2D eigenvalue weighted by Crippen LogP contribution is 2.34. The van der Waals surface area contributed by atoms with Crippen molar-refractivity contribution >= 4 is 28.5 Å². The van der Waals surface area contributed by atoms with Gasteiger partial charge in [0.25, 0.3) is 0 Å². The predicted molar refractivity (Wildman–Crippen MR) is 63.7 cm³/mol. The van der Waals surface area contributed by atoms with Gasteiger partial charge in [-0.05, 0) is 36.3 Å². The van der Waals surface area contributed by atoms with Crippen LogP contribution in [0.15, 0.2) is 17.5 Å². The van der Waals surface area contributed by atoms with E-state index in [0.29, 0.717) is 0 Å². The van der Waals surface area contributed by atoms with Gasteiger partial charge in [0.15, 0.2) is 0 Å². The third kappa shape index (κ3) is 2.19. The van der Waals surface area contributed by atoms with E-state index in [4.69, 9.17) is 17.3 Å². The third-order valence-corrected chi connectivity index (χ3v) is 3.97. The molecule has 3 heteroatoms. The molecule has 1 aliphatic carbocycles. The van der Waals surface area contributed by atoms with Crippen LogP contribution in [-0.2, 0) is 0 Å². The lowest BCUT2D eigenvalue weighted by atomic mass is 10.1. The molecule has 0 amide bonds. The summed E-state index contributed by atoms with van der Waals surface area (Å²) < 4.78 is 0. The molecule has 0 spiro atoms. The van der Waals surface area contributed by atoms with Crippen LogP contribution in [0.1, 0.15) is 30.6 Å². The van der Waals surface area contributed by atoms with Gasteiger partial charge in [-0.1, -0.05) is 24.1 Å². The minimum atomic E-state index is 0.214. The fourth-order valence-electron chi connectivity index (χ4n) is 1.83. The lowest BCUT2D eigenvalue weighted by Crippen LogP contribution is -2.15. The van der Waals surface area contributed by atoms with E-state index in [-0.39, 0.29) is 6.04 Å². The topological polar surface area (TPSA) is 26.0 Å². The van der Waals surface area contributed by atoms with Gasteiger partial charge in [0.2, 0.25) is 0 Å². The van der Waals surface area contributed by atoms with E-state index in [0.717, 1.165) is 17.9 Å². The van der Waals surface area contributed by atoms with E-state index >= 15 is 0 Å². The summed E-state index contributed by atoms with van der Waals surface area (Å²) in [6.07, 6.45) is 6.86. The van der Waals surface area contributed by atoms with Gasteiger partial charge in [0.1, 0.15) is 0 Å². The fourth-order valence-corrected chi connectivity index (χ4v) is 3.07. The summed E-state index contributed by atoms with van der Waals surface area (Å²) in [5.74, 6) is 0. The summed E-state index contributed by atoms with van der Waals surface area (Å²) in [5.41, 5.74) is 7.31. The average molecular weight is 228 g/mol. The molecule has 1 aromatic heterocycles. The Kier molecular flexibility index (Phi) is 3.26. The van der Waals surface area contributed by atoms with E-state index < -0.39 is 0 Å². The summed E-state index contributed by atoms with van der Waals surface area (Å²) in [6.45, 7) is 0. The van der Waals surface area contributed by atoms with Gasteiger partial charge >= 0.3 is 0 Å². The van der Waals surface area contributed by atoms with Crippen molar-refractivity contribution in [1.29, 1.82) is 0 Å². The second-order valence-corrected chi connectivity index (χ2v) is 5.02. The van der Waals surface area contributed by atoms with Gasteiger partial charge < -0.3 is 5.73 Å². The molecule has 1 aliphatic rings. The smallest absolute Gasteiger partial charge is 0.0588 e. The summed E-state index contributed by atoms with van der Waals surface area (Å²) in [6, 6.07) is 2.17. The summed E-state index contributed by atoms with van der Waals surface area (Å²) in [7, 11) is 0. The Balaban J connectivity index is 2.28. The molecule has 1 unspecified atom stereocenters. The van der Waals surface area contributed by atoms with Crippen molar-refractivity contribution in [2.24, 2.45) is 5.73 Å². The van der Waals surface area contributed by atoms with Gasteiger partial charge in [-0.25, -0.2) is 0 Å². The Bertz CT molecular complexity index is 343. The summed E-state index contributed by atoms with van der Waals surface area (Å²) >= 11 is 7.81. The first-order valence-electron chi connectivity index (χ1n) is 4.97. The Labute approximate surface area is 93.6 Å². The monoisotopic (exact) mass is 227 g/mol. The molecular weight excluding hydrogens is 214 g/mol. The second-order valence-electron chi connectivity index (χ2n) is 3.70. The Morgan fingerprint density at radius 1 is 1.43 bits per heavy atom. The Morgan fingerprint density at radius 2 is 2.29 bits per heavy atom. The fraction of sp³-hybridized carbons (Fsp3) is 0.455. The average Bonchev–Trinajstić information content (AvgIpc) is 2.45. The zero-order valence-corrected chi connectivity index (χ0v) is 9.57. The zero-order valence-electron chi connectivity index (χ0n) is 8.00. The van der Waals surface area contributed by atoms with Gasteiger partial charge in [-0.2, -0.15) is 0 Å². The Morgan fingerprint density at radius 3 is 3.00 bits per heavy atom. The normalized spacial score (nSPS) is 23.0. The van der Waals surface area contributed by atoms with Crippen LogP contribution in [0.5, 0.6) is 0 Å². The quantitative estimate of drug-likeness (QED) is 0.778. The number of hydrogen-bond acceptors (Lipinski definition) is 2. The lowest BCUT2D eigenvalue weighted by molar-refractivity contribution is 0.658. The van der Waals surface area contributed by atoms with Crippen LogP contribution < -0.4 is 5.73 Å². The minimum Gasteiger partial charge on any atom is -0.324 e. The maximum atomic E-state index is 6.10. The molecule has 1 heterocycles. The first kappa shape index (κ1) is 10.2. The molecule has 0 aliphatic heterocycles. The van der Waals surface area contributed by atoms with Crippen molar-refractivity contribution in [3.8, 4) is 0 Å². The molecule has 1 nitrogen and oxygen atoms in total. The van der Waals surface area contributed by atoms with Gasteiger partial charge in [0.05, 0.1) is 5.02 Å². The number of halogens is 1. The largest absolute Gasteiger partial charge is 0.324 e. The molecule has 0 bridgehead atoms. The molecule has 1 atom stereocenters. The SMILES string of the molecule is NC1C=C(c2sccc2Cl)CCCC1. The summed E-state index contributed by atoms with van der Waals surface area (Å²) in [5, 5.41) is 2.91. The van der Waals surface area contributed by atoms with Crippen LogP contribution in [0, 0.1) is 0 Å². The molecule has 0 fully saturated rings. The van der Waals surface area contributed by atoms with Crippen molar-refractivity contribution in [1.82, 2.24) is 0 Å². The van der Waals surface area contributed by atoms with Crippen LogP contribution in [0.25, 0.3) is 5.57 Å². The number of nitrogens with two attached hydrogens (primary N) is 1. The molecule has 1 aromatic rings. The van der Waals surface area contributed by atoms with Crippen molar-refractivity contribution in [2.45, 2.75) is 31.7 Å². The molecule has 0 radical (unpaired) electrons. The van der Waals surface area contributed by atoms with Crippen molar-refractivity contribution < 1.29 is 0 Å². The standard InChI is InChI=1S/C11H14ClNS/c12-10-5-6-14-11(10)8-3-1-2-4-9(13)7-8/h5-7,9H,1-4,13H2. The minimum absolute atomic E-state index is 0.214. The van der Waals surface area contributed by atoms with Crippen molar-refractivity contribution in [3.05, 3.63) is 27.4 Å². The number of allylic oxidation sites excluding steroid dienone is 1. The lowest BCUT2D eigenvalue weighted by Gasteiger charge is -2.04.